The zero-order valence-electron chi connectivity index (χ0n) is 23.3. The second-order valence-electron chi connectivity index (χ2n) is 10.9. The first-order valence-corrected chi connectivity index (χ1v) is 14.2. The van der Waals surface area contributed by atoms with Gasteiger partial charge < -0.3 is 18.7 Å². The molecule has 1 atom stereocenters. The molecule has 1 saturated heterocycles. The molecule has 1 saturated carbocycles. The molecule has 0 N–H and O–H groups in total. The van der Waals surface area contributed by atoms with E-state index >= 15 is 0 Å². The maximum atomic E-state index is 14.2. The number of ether oxygens (including phenoxy) is 1. The summed E-state index contributed by atoms with van der Waals surface area (Å²) in [5.41, 5.74) is 4.77. The van der Waals surface area contributed by atoms with Crippen molar-refractivity contribution in [3.05, 3.63) is 65.3 Å². The topological polar surface area (TPSA) is 90.5 Å². The Hall–Kier alpha value is -4.08. The van der Waals surface area contributed by atoms with E-state index in [1.807, 2.05) is 32.0 Å². The number of aryl methyl sites for hydroxylation is 2. The van der Waals surface area contributed by atoms with Gasteiger partial charge in [-0.15, -0.1) is 0 Å². The first-order valence-electron chi connectivity index (χ1n) is 14.2. The molecule has 0 bridgehead atoms. The van der Waals surface area contributed by atoms with Crippen molar-refractivity contribution in [1.82, 2.24) is 14.7 Å². The average Bonchev–Trinajstić information content (AvgIpc) is 3.64. The van der Waals surface area contributed by atoms with Crippen molar-refractivity contribution >= 4 is 28.6 Å². The van der Waals surface area contributed by atoms with Crippen LogP contribution in [0.15, 0.2) is 40.9 Å². The van der Waals surface area contributed by atoms with Crippen molar-refractivity contribution in [3.63, 3.8) is 0 Å². The van der Waals surface area contributed by atoms with Gasteiger partial charge in [0.2, 0.25) is 5.91 Å². The van der Waals surface area contributed by atoms with Crippen LogP contribution in [-0.4, -0.2) is 32.7 Å². The van der Waals surface area contributed by atoms with E-state index in [1.54, 1.807) is 4.90 Å². The van der Waals surface area contributed by atoms with Gasteiger partial charge in [-0.25, -0.2) is 13.8 Å². The van der Waals surface area contributed by atoms with Gasteiger partial charge in [0.1, 0.15) is 17.7 Å². The Labute approximate surface area is 236 Å². The van der Waals surface area contributed by atoms with Gasteiger partial charge in [0, 0.05) is 36.7 Å². The SMILES string of the molecule is CCc1noc(C)c1-c1ccc2c(c1)nc([C@@H]1CCC(=O)N1c1ccc(F)c(F)c1)n2C1CCC(OC(C)=O)CC1. The predicted octanol–water partition coefficient (Wildman–Crippen LogP) is 6.76. The molecule has 41 heavy (non-hydrogen) atoms. The summed E-state index contributed by atoms with van der Waals surface area (Å²) in [7, 11) is 0. The van der Waals surface area contributed by atoms with Crippen molar-refractivity contribution in [2.24, 2.45) is 0 Å². The van der Waals surface area contributed by atoms with Gasteiger partial charge in [-0.1, -0.05) is 18.1 Å². The standard InChI is InChI=1S/C31H32F2N4O4/c1-4-25-30(17(2)41-35-25)19-5-12-27-26(15-19)34-31(37(27)20-6-9-22(10-7-20)40-18(3)38)28-13-14-29(39)36(28)21-8-11-23(32)24(33)16-21/h5,8,11-12,15-16,20,22,28H,4,6-7,9-10,13-14H2,1-3H3/t20?,22?,28-/m0/s1. The van der Waals surface area contributed by atoms with Crippen LogP contribution in [-0.2, 0) is 20.7 Å². The Kier molecular flexibility index (Phi) is 7.09. The van der Waals surface area contributed by atoms with E-state index < -0.39 is 17.7 Å². The highest BCUT2D eigenvalue weighted by molar-refractivity contribution is 5.96. The molecular weight excluding hydrogens is 530 g/mol. The highest BCUT2D eigenvalue weighted by Crippen LogP contribution is 2.42. The van der Waals surface area contributed by atoms with E-state index in [-0.39, 0.29) is 30.4 Å². The summed E-state index contributed by atoms with van der Waals surface area (Å²) in [4.78, 5) is 31.3. The number of halogens is 2. The molecule has 2 aromatic carbocycles. The fourth-order valence-electron chi connectivity index (χ4n) is 6.46. The Morgan fingerprint density at radius 3 is 2.56 bits per heavy atom. The number of rotatable bonds is 6. The summed E-state index contributed by atoms with van der Waals surface area (Å²) in [6.45, 7) is 5.35. The minimum absolute atomic E-state index is 0.0682. The summed E-state index contributed by atoms with van der Waals surface area (Å²) in [5, 5.41) is 4.20. The average molecular weight is 563 g/mol. The first-order chi connectivity index (χ1) is 19.7. The lowest BCUT2D eigenvalue weighted by Gasteiger charge is -2.32. The van der Waals surface area contributed by atoms with Gasteiger partial charge in [0.25, 0.3) is 0 Å². The normalized spacial score (nSPS) is 21.1. The number of nitrogens with zero attached hydrogens (tertiary/aromatic N) is 4. The van der Waals surface area contributed by atoms with Crippen molar-refractivity contribution in [2.75, 3.05) is 4.90 Å². The van der Waals surface area contributed by atoms with Crippen LogP contribution in [0.4, 0.5) is 14.5 Å². The van der Waals surface area contributed by atoms with E-state index in [0.29, 0.717) is 17.9 Å². The zero-order chi connectivity index (χ0) is 28.8. The number of hydrogen-bond acceptors (Lipinski definition) is 6. The number of aromatic nitrogens is 3. The number of esters is 1. The number of amides is 1. The molecule has 214 valence electrons. The number of carbonyl (C=O) groups excluding carboxylic acids is 2. The molecular formula is C31H32F2N4O4. The van der Waals surface area contributed by atoms with E-state index in [2.05, 4.69) is 9.72 Å². The molecule has 0 spiro atoms. The second kappa shape index (κ2) is 10.7. The fraction of sp³-hybridized carbons (Fsp3) is 0.419. The van der Waals surface area contributed by atoms with Crippen molar-refractivity contribution < 1.29 is 27.6 Å². The molecule has 3 heterocycles. The van der Waals surface area contributed by atoms with Crippen molar-refractivity contribution in [1.29, 1.82) is 0 Å². The van der Waals surface area contributed by atoms with Gasteiger partial charge in [-0.2, -0.15) is 0 Å². The molecule has 0 unspecified atom stereocenters. The minimum atomic E-state index is -1.00. The summed E-state index contributed by atoms with van der Waals surface area (Å²) >= 11 is 0. The third-order valence-electron chi connectivity index (χ3n) is 8.31. The molecule has 8 nitrogen and oxygen atoms in total. The summed E-state index contributed by atoms with van der Waals surface area (Å²) < 4.78 is 41.2. The van der Waals surface area contributed by atoms with Crippen LogP contribution in [0.2, 0.25) is 0 Å². The van der Waals surface area contributed by atoms with Gasteiger partial charge in [-0.05, 0) is 75.3 Å². The first kappa shape index (κ1) is 27.1. The van der Waals surface area contributed by atoms with Crippen molar-refractivity contribution in [2.45, 2.75) is 83.9 Å². The maximum absolute atomic E-state index is 14.2. The minimum Gasteiger partial charge on any atom is -0.463 e. The molecule has 1 aliphatic heterocycles. The Balaban J connectivity index is 1.46. The molecule has 6 rings (SSSR count). The molecule has 2 fully saturated rings. The lowest BCUT2D eigenvalue weighted by atomic mass is 9.92. The monoisotopic (exact) mass is 562 g/mol. The lowest BCUT2D eigenvalue weighted by molar-refractivity contribution is -0.148. The summed E-state index contributed by atoms with van der Waals surface area (Å²) in [5.74, 6) is -0.962. The largest absolute Gasteiger partial charge is 0.463 e. The van der Waals surface area contributed by atoms with Crippen molar-refractivity contribution in [3.8, 4) is 11.1 Å². The number of imidazole rings is 1. The van der Waals surface area contributed by atoms with Gasteiger partial charge in [0.05, 0.1) is 22.8 Å². The van der Waals surface area contributed by atoms with E-state index in [1.165, 1.54) is 13.0 Å². The third kappa shape index (κ3) is 4.89. The van der Waals surface area contributed by atoms with Crippen LogP contribution in [0.25, 0.3) is 22.2 Å². The highest BCUT2D eigenvalue weighted by Gasteiger charge is 2.39. The summed E-state index contributed by atoms with van der Waals surface area (Å²) in [6, 6.07) is 9.29. The van der Waals surface area contributed by atoms with Crippen LogP contribution >= 0.6 is 0 Å². The summed E-state index contributed by atoms with van der Waals surface area (Å²) in [6.07, 6.45) is 4.37. The van der Waals surface area contributed by atoms with Gasteiger partial charge in [-0.3, -0.25) is 9.59 Å². The van der Waals surface area contributed by atoms with Gasteiger partial charge in [0.15, 0.2) is 11.6 Å². The molecule has 2 aliphatic rings. The van der Waals surface area contributed by atoms with E-state index in [9.17, 15) is 18.4 Å². The van der Waals surface area contributed by atoms with E-state index in [4.69, 9.17) is 14.2 Å². The smallest absolute Gasteiger partial charge is 0.302 e. The highest BCUT2D eigenvalue weighted by atomic mass is 19.2. The molecule has 2 aromatic heterocycles. The molecule has 1 aliphatic carbocycles. The quantitative estimate of drug-likeness (QED) is 0.241. The Morgan fingerprint density at radius 1 is 1.07 bits per heavy atom. The molecule has 10 heteroatoms. The van der Waals surface area contributed by atoms with Crippen LogP contribution in [0.5, 0.6) is 0 Å². The zero-order valence-corrected chi connectivity index (χ0v) is 23.3. The third-order valence-corrected chi connectivity index (χ3v) is 8.31. The van der Waals surface area contributed by atoms with Crippen LogP contribution in [0, 0.1) is 18.6 Å². The Bertz CT molecular complexity index is 1640. The van der Waals surface area contributed by atoms with Crippen LogP contribution < -0.4 is 4.90 Å². The fourth-order valence-corrected chi connectivity index (χ4v) is 6.46. The molecule has 4 aromatic rings. The molecule has 0 radical (unpaired) electrons. The maximum Gasteiger partial charge on any atom is 0.302 e. The van der Waals surface area contributed by atoms with Crippen LogP contribution in [0.1, 0.15) is 81.7 Å². The lowest BCUT2D eigenvalue weighted by Crippen LogP contribution is -2.31. The second-order valence-corrected chi connectivity index (χ2v) is 10.9. The number of carbonyl (C=O) groups is 2. The molecule has 1 amide bonds. The number of fused-ring (bicyclic) bond motifs is 1. The van der Waals surface area contributed by atoms with E-state index in [0.717, 1.165) is 77.9 Å². The number of benzene rings is 2. The van der Waals surface area contributed by atoms with Crippen LogP contribution in [0.3, 0.4) is 0 Å². The Morgan fingerprint density at radius 2 is 1.85 bits per heavy atom. The number of anilines is 1. The number of hydrogen-bond donors (Lipinski definition) is 0. The van der Waals surface area contributed by atoms with Gasteiger partial charge >= 0.3 is 5.97 Å². The predicted molar refractivity (Wildman–Crippen MR) is 148 cm³/mol.